The zero-order chi connectivity index (χ0) is 18.8. The highest BCUT2D eigenvalue weighted by Crippen LogP contribution is 2.24. The van der Waals surface area contributed by atoms with E-state index in [2.05, 4.69) is 20.6 Å². The average Bonchev–Trinajstić information content (AvgIpc) is 3.20. The van der Waals surface area contributed by atoms with Crippen molar-refractivity contribution in [2.75, 3.05) is 6.54 Å². The summed E-state index contributed by atoms with van der Waals surface area (Å²) < 4.78 is 0. The second-order valence-electron chi connectivity index (χ2n) is 6.68. The van der Waals surface area contributed by atoms with Gasteiger partial charge in [0.25, 0.3) is 5.91 Å². The van der Waals surface area contributed by atoms with Gasteiger partial charge < -0.3 is 15.5 Å². The number of nitrogens with zero attached hydrogens (tertiary/aromatic N) is 3. The lowest BCUT2D eigenvalue weighted by atomic mass is 9.92. The number of fused-ring (bicyclic) bond motifs is 1. The third kappa shape index (κ3) is 3.68. The van der Waals surface area contributed by atoms with E-state index in [1.807, 2.05) is 17.5 Å². The van der Waals surface area contributed by atoms with Crippen LogP contribution in [0.15, 0.2) is 36.1 Å². The molecule has 2 saturated heterocycles. The van der Waals surface area contributed by atoms with E-state index >= 15 is 0 Å². The summed E-state index contributed by atoms with van der Waals surface area (Å²) in [6, 6.07) is 2.65. The van der Waals surface area contributed by atoms with Gasteiger partial charge in [-0.2, -0.15) is 0 Å². The summed E-state index contributed by atoms with van der Waals surface area (Å²) >= 11 is 1.57. The van der Waals surface area contributed by atoms with Crippen molar-refractivity contribution in [2.45, 2.75) is 37.4 Å². The summed E-state index contributed by atoms with van der Waals surface area (Å²) in [4.78, 5) is 48.2. The van der Waals surface area contributed by atoms with Crippen molar-refractivity contribution in [2.24, 2.45) is 0 Å². The first kappa shape index (κ1) is 17.6. The van der Waals surface area contributed by atoms with Crippen LogP contribution in [-0.4, -0.2) is 57.3 Å². The number of hydrogen-bond acceptors (Lipinski definition) is 6. The van der Waals surface area contributed by atoms with Crippen LogP contribution in [0.25, 0.3) is 0 Å². The Balaban J connectivity index is 1.40. The molecule has 0 radical (unpaired) electrons. The van der Waals surface area contributed by atoms with Gasteiger partial charge in [0, 0.05) is 36.3 Å². The lowest BCUT2D eigenvalue weighted by Gasteiger charge is -2.44. The predicted molar refractivity (Wildman–Crippen MR) is 98.0 cm³/mol. The summed E-state index contributed by atoms with van der Waals surface area (Å²) in [5, 5.41) is 7.70. The first-order chi connectivity index (χ1) is 13.1. The van der Waals surface area contributed by atoms with E-state index in [1.165, 1.54) is 18.6 Å². The Hall–Kier alpha value is -2.81. The molecule has 0 aromatic carbocycles. The van der Waals surface area contributed by atoms with E-state index in [1.54, 1.807) is 16.2 Å². The molecule has 2 fully saturated rings. The molecule has 2 aliphatic rings. The van der Waals surface area contributed by atoms with E-state index in [0.717, 1.165) is 4.88 Å². The molecule has 3 amide bonds. The third-order valence-corrected chi connectivity index (χ3v) is 5.82. The van der Waals surface area contributed by atoms with Gasteiger partial charge in [0.05, 0.1) is 6.20 Å². The summed E-state index contributed by atoms with van der Waals surface area (Å²) in [5.41, 5.74) is 0.236. The average molecular weight is 385 g/mol. The number of hydrogen-bond donors (Lipinski definition) is 2. The van der Waals surface area contributed by atoms with Crippen molar-refractivity contribution in [1.29, 1.82) is 0 Å². The number of rotatable bonds is 4. The Kier molecular flexibility index (Phi) is 4.85. The molecule has 27 heavy (non-hydrogen) atoms. The maximum Gasteiger partial charge on any atom is 0.271 e. The van der Waals surface area contributed by atoms with E-state index in [0.29, 0.717) is 25.8 Å². The highest BCUT2D eigenvalue weighted by atomic mass is 32.1. The smallest absolute Gasteiger partial charge is 0.271 e. The largest absolute Gasteiger partial charge is 0.348 e. The van der Waals surface area contributed by atoms with Crippen molar-refractivity contribution < 1.29 is 14.4 Å². The summed E-state index contributed by atoms with van der Waals surface area (Å²) in [6.45, 7) is 0.448. The molecule has 3 atom stereocenters. The van der Waals surface area contributed by atoms with Gasteiger partial charge in [-0.15, -0.1) is 11.3 Å². The number of aromatic nitrogens is 2. The maximum atomic E-state index is 12.8. The van der Waals surface area contributed by atoms with Gasteiger partial charge >= 0.3 is 0 Å². The summed E-state index contributed by atoms with van der Waals surface area (Å²) in [7, 11) is 0. The van der Waals surface area contributed by atoms with E-state index in [9.17, 15) is 14.4 Å². The predicted octanol–water partition coefficient (Wildman–Crippen LogP) is 0.369. The van der Waals surface area contributed by atoms with Crippen molar-refractivity contribution in [3.05, 3.63) is 46.7 Å². The van der Waals surface area contributed by atoms with Crippen molar-refractivity contribution in [1.82, 2.24) is 25.5 Å². The van der Waals surface area contributed by atoms with Crippen LogP contribution in [0.2, 0.25) is 0 Å². The Labute approximate surface area is 160 Å². The number of carbonyl (C=O) groups excluding carboxylic acids is 3. The number of carbonyl (C=O) groups is 3. The molecule has 0 aliphatic carbocycles. The number of piperidine rings is 1. The first-order valence-electron chi connectivity index (χ1n) is 8.82. The van der Waals surface area contributed by atoms with Gasteiger partial charge in [-0.05, 0) is 24.3 Å². The minimum atomic E-state index is -0.544. The molecule has 2 aromatic rings. The van der Waals surface area contributed by atoms with Crippen molar-refractivity contribution >= 4 is 29.1 Å². The fourth-order valence-electron chi connectivity index (χ4n) is 3.58. The Morgan fingerprint density at radius 1 is 1.37 bits per heavy atom. The molecule has 0 bridgehead atoms. The van der Waals surface area contributed by atoms with Gasteiger partial charge in [-0.25, -0.2) is 4.98 Å². The minimum absolute atomic E-state index is 0.0493. The Morgan fingerprint density at radius 3 is 3.00 bits per heavy atom. The van der Waals surface area contributed by atoms with Crippen LogP contribution in [0.5, 0.6) is 0 Å². The molecule has 9 heteroatoms. The van der Waals surface area contributed by atoms with Crippen LogP contribution in [0.1, 0.15) is 28.2 Å². The van der Waals surface area contributed by atoms with Gasteiger partial charge in [-0.1, -0.05) is 6.07 Å². The molecule has 4 rings (SSSR count). The molecule has 8 nitrogen and oxygen atoms in total. The second-order valence-corrected chi connectivity index (χ2v) is 7.71. The highest BCUT2D eigenvalue weighted by molar-refractivity contribution is 7.09. The molecular weight excluding hydrogens is 366 g/mol. The number of thiophene rings is 1. The molecule has 0 spiro atoms. The van der Waals surface area contributed by atoms with Crippen molar-refractivity contribution in [3.63, 3.8) is 0 Å². The van der Waals surface area contributed by atoms with Gasteiger partial charge in [0.1, 0.15) is 17.8 Å². The van der Waals surface area contributed by atoms with Crippen LogP contribution in [-0.2, 0) is 16.0 Å². The monoisotopic (exact) mass is 385 g/mol. The van der Waals surface area contributed by atoms with Crippen LogP contribution in [0.4, 0.5) is 0 Å². The molecule has 140 valence electrons. The highest BCUT2D eigenvalue weighted by Gasteiger charge is 2.44. The van der Waals surface area contributed by atoms with E-state index < -0.39 is 12.1 Å². The molecule has 0 saturated carbocycles. The zero-order valence-electron chi connectivity index (χ0n) is 14.5. The summed E-state index contributed by atoms with van der Waals surface area (Å²) in [5.74, 6) is -0.527. The van der Waals surface area contributed by atoms with E-state index in [-0.39, 0.29) is 29.5 Å². The fourth-order valence-corrected chi connectivity index (χ4v) is 4.33. The second kappa shape index (κ2) is 7.43. The van der Waals surface area contributed by atoms with Crippen LogP contribution in [0.3, 0.4) is 0 Å². The molecule has 2 N–H and O–H groups in total. The van der Waals surface area contributed by atoms with Crippen LogP contribution >= 0.6 is 11.3 Å². The molecule has 2 aliphatic heterocycles. The number of amides is 3. The van der Waals surface area contributed by atoms with Gasteiger partial charge in [0.15, 0.2) is 0 Å². The molecule has 4 heterocycles. The lowest BCUT2D eigenvalue weighted by Crippen LogP contribution is -2.67. The van der Waals surface area contributed by atoms with Crippen LogP contribution < -0.4 is 10.6 Å². The SMILES string of the molecule is O=C(NC1CCN2C(=O)C(Cc3cccs3)NC(=O)C2C1)c1cnccn1. The Morgan fingerprint density at radius 2 is 2.26 bits per heavy atom. The Bertz CT molecular complexity index is 842. The van der Waals surface area contributed by atoms with Crippen molar-refractivity contribution in [3.8, 4) is 0 Å². The molecular formula is C18H19N5O3S. The topological polar surface area (TPSA) is 104 Å². The zero-order valence-corrected chi connectivity index (χ0v) is 15.3. The lowest BCUT2D eigenvalue weighted by molar-refractivity contribution is -0.151. The number of nitrogens with one attached hydrogen (secondary N) is 2. The summed E-state index contributed by atoms with van der Waals surface area (Å²) in [6.07, 6.45) is 5.87. The fraction of sp³-hybridized carbons (Fsp3) is 0.389. The first-order valence-corrected chi connectivity index (χ1v) is 9.70. The maximum absolute atomic E-state index is 12.8. The van der Waals surface area contributed by atoms with Gasteiger partial charge in [-0.3, -0.25) is 19.4 Å². The van der Waals surface area contributed by atoms with Crippen LogP contribution in [0, 0.1) is 0 Å². The molecule has 3 unspecified atom stereocenters. The quantitative estimate of drug-likeness (QED) is 0.791. The third-order valence-electron chi connectivity index (χ3n) is 4.92. The standard InChI is InChI=1S/C18H19N5O3S/c24-16(14-10-19-4-5-20-14)21-11-3-6-23-15(8-11)17(25)22-13(18(23)26)9-12-2-1-7-27-12/h1-2,4-5,7,10-11,13,15H,3,6,8-9H2,(H,21,24)(H,22,25). The van der Waals surface area contributed by atoms with Gasteiger partial charge in [0.2, 0.25) is 11.8 Å². The normalized spacial score (nSPS) is 24.9. The minimum Gasteiger partial charge on any atom is -0.348 e. The molecule has 2 aromatic heterocycles. The number of piperazine rings is 1. The van der Waals surface area contributed by atoms with E-state index in [4.69, 9.17) is 0 Å².